The first-order valence-corrected chi connectivity index (χ1v) is 7.44. The third-order valence-electron chi connectivity index (χ3n) is 2.16. The molecule has 0 radical (unpaired) electrons. The zero-order valence-corrected chi connectivity index (χ0v) is 11.7. The van der Waals surface area contributed by atoms with E-state index in [2.05, 4.69) is 0 Å². The van der Waals surface area contributed by atoms with Gasteiger partial charge in [-0.3, -0.25) is 0 Å². The highest BCUT2D eigenvalue weighted by atomic mass is 35.7. The number of ether oxygens (including phenoxy) is 1. The average molecular weight is 278 g/mol. The molecule has 0 aromatic heterocycles. The van der Waals surface area contributed by atoms with Crippen LogP contribution in [0, 0.1) is 6.92 Å². The van der Waals surface area contributed by atoms with Crippen LogP contribution in [0.15, 0.2) is 23.1 Å². The lowest BCUT2D eigenvalue weighted by Crippen LogP contribution is -2.19. The van der Waals surface area contributed by atoms with Crippen LogP contribution in [0.1, 0.15) is 5.56 Å². The molecule has 0 heterocycles. The van der Waals surface area contributed by atoms with Gasteiger partial charge in [0.15, 0.2) is 0 Å². The van der Waals surface area contributed by atoms with E-state index in [1.54, 1.807) is 19.1 Å². The van der Waals surface area contributed by atoms with Crippen molar-refractivity contribution in [1.82, 2.24) is 4.90 Å². The van der Waals surface area contributed by atoms with E-state index in [0.717, 1.165) is 5.56 Å². The van der Waals surface area contributed by atoms with Crippen LogP contribution >= 0.6 is 10.7 Å². The molecule has 1 aromatic rings. The van der Waals surface area contributed by atoms with E-state index < -0.39 is 9.05 Å². The summed E-state index contributed by atoms with van der Waals surface area (Å²) in [5, 5.41) is 0. The lowest BCUT2D eigenvalue weighted by atomic mass is 10.2. The second kappa shape index (κ2) is 5.71. The zero-order valence-electron chi connectivity index (χ0n) is 10.1. The highest BCUT2D eigenvalue weighted by Gasteiger charge is 2.17. The Morgan fingerprint density at radius 2 is 2.00 bits per heavy atom. The summed E-state index contributed by atoms with van der Waals surface area (Å²) in [4.78, 5) is 1.97. The van der Waals surface area contributed by atoms with Gasteiger partial charge in [-0.05, 0) is 38.7 Å². The number of rotatable bonds is 5. The molecule has 0 saturated carbocycles. The molecule has 4 nitrogen and oxygen atoms in total. The smallest absolute Gasteiger partial charge is 0.264 e. The molecule has 1 aromatic carbocycles. The lowest BCUT2D eigenvalue weighted by Gasteiger charge is -2.13. The monoisotopic (exact) mass is 277 g/mol. The summed E-state index contributed by atoms with van der Waals surface area (Å²) < 4.78 is 28.2. The largest absolute Gasteiger partial charge is 0.491 e. The zero-order chi connectivity index (χ0) is 13.1. The van der Waals surface area contributed by atoms with E-state index in [4.69, 9.17) is 15.4 Å². The molecule has 0 aliphatic heterocycles. The second-order valence-electron chi connectivity index (χ2n) is 4.04. The first-order valence-electron chi connectivity index (χ1n) is 5.13. The van der Waals surface area contributed by atoms with E-state index in [-0.39, 0.29) is 4.90 Å². The Labute approximate surface area is 107 Å². The number of hydrogen-bond donors (Lipinski definition) is 0. The van der Waals surface area contributed by atoms with Crippen molar-refractivity contribution < 1.29 is 13.2 Å². The molecule has 0 saturated heterocycles. The predicted molar refractivity (Wildman–Crippen MR) is 68.3 cm³/mol. The van der Waals surface area contributed by atoms with Crippen LogP contribution in [-0.2, 0) is 9.05 Å². The minimum atomic E-state index is -3.77. The SMILES string of the molecule is Cc1ccc(OCCN(C)C)c(S(=O)(=O)Cl)c1. The number of halogens is 1. The van der Waals surface area contributed by atoms with E-state index in [1.807, 2.05) is 19.0 Å². The third-order valence-corrected chi connectivity index (χ3v) is 3.50. The van der Waals surface area contributed by atoms with Crippen molar-refractivity contribution in [3.05, 3.63) is 23.8 Å². The maximum absolute atomic E-state index is 11.4. The summed E-state index contributed by atoms with van der Waals surface area (Å²) in [6.45, 7) is 2.92. The summed E-state index contributed by atoms with van der Waals surface area (Å²) in [6.07, 6.45) is 0. The predicted octanol–water partition coefficient (Wildman–Crippen LogP) is 1.86. The van der Waals surface area contributed by atoms with Gasteiger partial charge in [0.2, 0.25) is 0 Å². The number of likely N-dealkylation sites (N-methyl/N-ethyl adjacent to an activating group) is 1. The highest BCUT2D eigenvalue weighted by Crippen LogP contribution is 2.27. The standard InChI is InChI=1S/C11H16ClNO3S/c1-9-4-5-10(16-7-6-13(2)3)11(8-9)17(12,14)15/h4-5,8H,6-7H2,1-3H3. The Balaban J connectivity index is 2.92. The quantitative estimate of drug-likeness (QED) is 0.771. The van der Waals surface area contributed by atoms with Gasteiger partial charge in [0.1, 0.15) is 17.3 Å². The normalized spacial score (nSPS) is 11.8. The van der Waals surface area contributed by atoms with Gasteiger partial charge < -0.3 is 9.64 Å². The van der Waals surface area contributed by atoms with Crippen LogP contribution in [0.2, 0.25) is 0 Å². The van der Waals surface area contributed by atoms with Crippen LogP contribution in [0.3, 0.4) is 0 Å². The maximum Gasteiger partial charge on any atom is 0.264 e. The van der Waals surface area contributed by atoms with Gasteiger partial charge in [-0.25, -0.2) is 8.42 Å². The van der Waals surface area contributed by atoms with Crippen LogP contribution in [0.25, 0.3) is 0 Å². The Hall–Kier alpha value is -0.780. The molecule has 0 N–H and O–H groups in total. The van der Waals surface area contributed by atoms with Gasteiger partial charge in [-0.15, -0.1) is 0 Å². The van der Waals surface area contributed by atoms with Crippen LogP contribution in [-0.4, -0.2) is 40.6 Å². The molecule has 0 fully saturated rings. The second-order valence-corrected chi connectivity index (χ2v) is 6.57. The molecule has 0 aliphatic carbocycles. The first kappa shape index (κ1) is 14.3. The van der Waals surface area contributed by atoms with Crippen molar-refractivity contribution in [2.24, 2.45) is 0 Å². The lowest BCUT2D eigenvalue weighted by molar-refractivity contribution is 0.256. The summed E-state index contributed by atoms with van der Waals surface area (Å²) in [5.74, 6) is 0.299. The fraction of sp³-hybridized carbons (Fsp3) is 0.455. The Kier molecular flexibility index (Phi) is 4.80. The summed E-state index contributed by atoms with van der Waals surface area (Å²) in [6, 6.07) is 4.92. The highest BCUT2D eigenvalue weighted by molar-refractivity contribution is 8.13. The van der Waals surface area contributed by atoms with Crippen LogP contribution < -0.4 is 4.74 Å². The Bertz CT molecular complexity index is 485. The molecular formula is C11H16ClNO3S. The molecule has 0 unspecified atom stereocenters. The summed E-state index contributed by atoms with van der Waals surface area (Å²) in [5.41, 5.74) is 0.823. The van der Waals surface area contributed by atoms with Crippen molar-refractivity contribution in [2.45, 2.75) is 11.8 Å². The molecule has 0 aliphatic rings. The van der Waals surface area contributed by atoms with Gasteiger partial charge >= 0.3 is 0 Å². The maximum atomic E-state index is 11.4. The molecule has 96 valence electrons. The van der Waals surface area contributed by atoms with Crippen LogP contribution in [0.5, 0.6) is 5.75 Å². The number of nitrogens with zero attached hydrogens (tertiary/aromatic N) is 1. The summed E-state index contributed by atoms with van der Waals surface area (Å²) >= 11 is 0. The number of benzene rings is 1. The van der Waals surface area contributed by atoms with E-state index in [0.29, 0.717) is 18.9 Å². The first-order chi connectivity index (χ1) is 7.80. The van der Waals surface area contributed by atoms with Gasteiger partial charge in [-0.2, -0.15) is 0 Å². The number of aryl methyl sites for hydroxylation is 1. The minimum absolute atomic E-state index is 0.0259. The Morgan fingerprint density at radius 1 is 1.35 bits per heavy atom. The van der Waals surface area contributed by atoms with Crippen molar-refractivity contribution >= 4 is 19.7 Å². The van der Waals surface area contributed by atoms with E-state index in [9.17, 15) is 8.42 Å². The molecule has 0 bridgehead atoms. The molecule has 0 spiro atoms. The van der Waals surface area contributed by atoms with Crippen LogP contribution in [0.4, 0.5) is 0 Å². The molecule has 1 rings (SSSR count). The number of hydrogen-bond acceptors (Lipinski definition) is 4. The van der Waals surface area contributed by atoms with Crippen molar-refractivity contribution in [3.8, 4) is 5.75 Å². The van der Waals surface area contributed by atoms with Crippen molar-refractivity contribution in [2.75, 3.05) is 27.2 Å². The molecular weight excluding hydrogens is 262 g/mol. The summed E-state index contributed by atoms with van der Waals surface area (Å²) in [7, 11) is 5.41. The van der Waals surface area contributed by atoms with Gasteiger partial charge in [0.25, 0.3) is 9.05 Å². The topological polar surface area (TPSA) is 46.6 Å². The van der Waals surface area contributed by atoms with Gasteiger partial charge in [-0.1, -0.05) is 6.07 Å². The molecule has 0 amide bonds. The van der Waals surface area contributed by atoms with E-state index in [1.165, 1.54) is 6.07 Å². The van der Waals surface area contributed by atoms with Gasteiger partial charge in [0, 0.05) is 17.2 Å². The molecule has 17 heavy (non-hydrogen) atoms. The Morgan fingerprint density at radius 3 is 2.53 bits per heavy atom. The third kappa shape index (κ3) is 4.53. The van der Waals surface area contributed by atoms with Gasteiger partial charge in [0.05, 0.1) is 0 Å². The molecule has 0 atom stereocenters. The van der Waals surface area contributed by atoms with Crippen molar-refractivity contribution in [3.63, 3.8) is 0 Å². The fourth-order valence-corrected chi connectivity index (χ4v) is 2.32. The molecule has 6 heteroatoms. The fourth-order valence-electron chi connectivity index (χ4n) is 1.26. The minimum Gasteiger partial charge on any atom is -0.491 e. The average Bonchev–Trinajstić information content (AvgIpc) is 2.18. The van der Waals surface area contributed by atoms with Crippen molar-refractivity contribution in [1.29, 1.82) is 0 Å². The van der Waals surface area contributed by atoms with E-state index >= 15 is 0 Å².